The first-order valence-corrected chi connectivity index (χ1v) is 6.65. The maximum atomic E-state index is 13.2. The van der Waals surface area contributed by atoms with Crippen molar-refractivity contribution in [3.05, 3.63) is 48.0 Å². The zero-order chi connectivity index (χ0) is 17.2. The Labute approximate surface area is 128 Å². The lowest BCUT2D eigenvalue weighted by molar-refractivity contribution is -0.156. The maximum Gasteiger partial charge on any atom is 0.314 e. The van der Waals surface area contributed by atoms with Gasteiger partial charge in [-0.05, 0) is 10.8 Å². The summed E-state index contributed by atoms with van der Waals surface area (Å²) in [6.07, 6.45) is -5.79. The van der Waals surface area contributed by atoms with Gasteiger partial charge in [0.1, 0.15) is 5.92 Å². The molecule has 0 saturated carbocycles. The first-order valence-electron chi connectivity index (χ1n) is 6.65. The summed E-state index contributed by atoms with van der Waals surface area (Å²) in [6, 6.07) is 10.9. The van der Waals surface area contributed by atoms with Crippen LogP contribution in [0.3, 0.4) is 0 Å². The summed E-state index contributed by atoms with van der Waals surface area (Å²) in [4.78, 5) is 23.5. The molecule has 7 heteroatoms. The lowest BCUT2D eigenvalue weighted by Crippen LogP contribution is -2.36. The molecule has 1 unspecified atom stereocenters. The molecule has 23 heavy (non-hydrogen) atoms. The summed E-state index contributed by atoms with van der Waals surface area (Å²) in [5.41, 5.74) is -0.0828. The van der Waals surface area contributed by atoms with Gasteiger partial charge in [-0.25, -0.2) is 17.6 Å². The van der Waals surface area contributed by atoms with E-state index in [-0.39, 0.29) is 5.56 Å². The van der Waals surface area contributed by atoms with Crippen LogP contribution in [0, 0.1) is 5.92 Å². The van der Waals surface area contributed by atoms with Crippen molar-refractivity contribution in [1.29, 1.82) is 0 Å². The molecule has 0 aliphatic carbocycles. The average Bonchev–Trinajstić information content (AvgIpc) is 2.51. The van der Waals surface area contributed by atoms with E-state index in [1.54, 1.807) is 24.3 Å². The Hall–Kier alpha value is -2.44. The van der Waals surface area contributed by atoms with Crippen molar-refractivity contribution in [2.75, 3.05) is 0 Å². The van der Waals surface area contributed by atoms with Gasteiger partial charge in [0.25, 0.3) is 0 Å². The quantitative estimate of drug-likeness (QED) is 0.495. The molecule has 1 atom stereocenters. The molecule has 0 aliphatic rings. The van der Waals surface area contributed by atoms with Crippen molar-refractivity contribution in [1.82, 2.24) is 0 Å². The molecule has 2 aromatic carbocycles. The number of alkyl halides is 4. The molecular weight excluding hydrogens is 316 g/mol. The highest BCUT2D eigenvalue weighted by Crippen LogP contribution is 2.33. The fraction of sp³-hybridized carbons (Fsp3) is 0.250. The Bertz CT molecular complexity index is 738. The fourth-order valence-electron chi connectivity index (χ4n) is 2.28. The summed E-state index contributed by atoms with van der Waals surface area (Å²) < 4.78 is 51.0. The highest BCUT2D eigenvalue weighted by molar-refractivity contribution is 6.15. The van der Waals surface area contributed by atoms with Gasteiger partial charge in [0.2, 0.25) is 0 Å². The Kier molecular flexibility index (Phi) is 4.68. The van der Waals surface area contributed by atoms with Crippen LogP contribution in [0.15, 0.2) is 42.5 Å². The molecule has 3 nitrogen and oxygen atoms in total. The number of carbonyl (C=O) groups excluding carboxylic acids is 1. The van der Waals surface area contributed by atoms with E-state index in [1.165, 1.54) is 18.2 Å². The van der Waals surface area contributed by atoms with Crippen LogP contribution >= 0.6 is 0 Å². The smallest absolute Gasteiger partial charge is 0.314 e. The van der Waals surface area contributed by atoms with Gasteiger partial charge < -0.3 is 5.11 Å². The standard InChI is InChI=1S/C16H12F4O3/c17-15(18)16(19,20)8-12(14(22)23)13(21)11-7-3-5-9-4-1-2-6-10(9)11/h1-7,12,15H,8H2,(H,22,23). The molecule has 1 N–H and O–H groups in total. The summed E-state index contributed by atoms with van der Waals surface area (Å²) in [6.45, 7) is 0. The van der Waals surface area contributed by atoms with E-state index < -0.39 is 36.4 Å². The summed E-state index contributed by atoms with van der Waals surface area (Å²) in [7, 11) is 0. The maximum absolute atomic E-state index is 13.2. The number of rotatable bonds is 6. The lowest BCUT2D eigenvalue weighted by Gasteiger charge is -2.19. The van der Waals surface area contributed by atoms with E-state index >= 15 is 0 Å². The van der Waals surface area contributed by atoms with Gasteiger partial charge in [-0.3, -0.25) is 9.59 Å². The third kappa shape index (κ3) is 3.49. The first kappa shape index (κ1) is 16.9. The molecule has 0 fully saturated rings. The Morgan fingerprint density at radius 3 is 2.26 bits per heavy atom. The van der Waals surface area contributed by atoms with Crippen LogP contribution in [0.1, 0.15) is 16.8 Å². The number of carboxylic acids is 1. The monoisotopic (exact) mass is 328 g/mol. The molecule has 122 valence electrons. The number of carbonyl (C=O) groups is 2. The Balaban J connectivity index is 2.43. The number of hydrogen-bond donors (Lipinski definition) is 1. The van der Waals surface area contributed by atoms with Crippen LogP contribution in [0.4, 0.5) is 17.6 Å². The van der Waals surface area contributed by atoms with Crippen LogP contribution in [0.25, 0.3) is 10.8 Å². The molecule has 0 spiro atoms. The van der Waals surface area contributed by atoms with Crippen LogP contribution in [0.2, 0.25) is 0 Å². The minimum atomic E-state index is -4.55. The summed E-state index contributed by atoms with van der Waals surface area (Å²) in [5.74, 6) is -9.77. The van der Waals surface area contributed by atoms with Gasteiger partial charge in [-0.15, -0.1) is 0 Å². The highest BCUT2D eigenvalue weighted by atomic mass is 19.3. The van der Waals surface area contributed by atoms with Crippen molar-refractivity contribution in [3.8, 4) is 0 Å². The Morgan fingerprint density at radius 2 is 1.65 bits per heavy atom. The summed E-state index contributed by atoms with van der Waals surface area (Å²) >= 11 is 0. The summed E-state index contributed by atoms with van der Waals surface area (Å²) in [5, 5.41) is 10.0. The van der Waals surface area contributed by atoms with Gasteiger partial charge in [0, 0.05) is 12.0 Å². The van der Waals surface area contributed by atoms with E-state index in [1.807, 2.05) is 0 Å². The number of halogens is 4. The normalized spacial score (nSPS) is 13.3. The average molecular weight is 328 g/mol. The van der Waals surface area contributed by atoms with E-state index in [0.717, 1.165) is 0 Å². The van der Waals surface area contributed by atoms with E-state index in [4.69, 9.17) is 5.11 Å². The molecule has 0 heterocycles. The number of ketones is 1. The van der Waals surface area contributed by atoms with Crippen molar-refractivity contribution in [3.63, 3.8) is 0 Å². The van der Waals surface area contributed by atoms with Gasteiger partial charge >= 0.3 is 18.3 Å². The van der Waals surface area contributed by atoms with Gasteiger partial charge in [-0.1, -0.05) is 42.5 Å². The second-order valence-electron chi connectivity index (χ2n) is 5.05. The van der Waals surface area contributed by atoms with Gasteiger partial charge in [0.15, 0.2) is 5.78 Å². The minimum Gasteiger partial charge on any atom is -0.481 e. The molecule has 0 saturated heterocycles. The lowest BCUT2D eigenvalue weighted by atomic mass is 9.89. The first-order chi connectivity index (χ1) is 10.7. The minimum absolute atomic E-state index is 0.0828. The number of hydrogen-bond acceptors (Lipinski definition) is 2. The highest BCUT2D eigenvalue weighted by Gasteiger charge is 2.46. The van der Waals surface area contributed by atoms with E-state index in [2.05, 4.69) is 0 Å². The fourth-order valence-corrected chi connectivity index (χ4v) is 2.28. The molecule has 0 amide bonds. The van der Waals surface area contributed by atoms with Crippen molar-refractivity contribution >= 4 is 22.5 Å². The zero-order valence-electron chi connectivity index (χ0n) is 11.7. The molecular formula is C16H12F4O3. The molecule has 0 radical (unpaired) electrons. The molecule has 2 aromatic rings. The van der Waals surface area contributed by atoms with Gasteiger partial charge in [0.05, 0.1) is 0 Å². The van der Waals surface area contributed by atoms with E-state index in [9.17, 15) is 27.2 Å². The number of aliphatic carboxylic acids is 1. The SMILES string of the molecule is O=C(O)C(CC(F)(F)C(F)F)C(=O)c1cccc2ccccc12. The van der Waals surface area contributed by atoms with Crippen molar-refractivity contribution < 1.29 is 32.3 Å². The molecule has 2 rings (SSSR count). The largest absolute Gasteiger partial charge is 0.481 e. The van der Waals surface area contributed by atoms with Crippen LogP contribution in [-0.2, 0) is 4.79 Å². The van der Waals surface area contributed by atoms with E-state index in [0.29, 0.717) is 10.8 Å². The van der Waals surface area contributed by atoms with Crippen molar-refractivity contribution in [2.45, 2.75) is 18.8 Å². The topological polar surface area (TPSA) is 54.4 Å². The van der Waals surface area contributed by atoms with Crippen LogP contribution < -0.4 is 0 Å². The Morgan fingerprint density at radius 1 is 1.04 bits per heavy atom. The molecule has 0 aliphatic heterocycles. The zero-order valence-corrected chi connectivity index (χ0v) is 11.7. The van der Waals surface area contributed by atoms with Crippen LogP contribution in [-0.4, -0.2) is 29.2 Å². The second kappa shape index (κ2) is 6.36. The predicted octanol–water partition coefficient (Wildman–Crippen LogP) is 4.01. The third-order valence-corrected chi connectivity index (χ3v) is 3.47. The number of fused-ring (bicyclic) bond motifs is 1. The molecule has 0 bridgehead atoms. The number of benzene rings is 2. The third-order valence-electron chi connectivity index (χ3n) is 3.47. The van der Waals surface area contributed by atoms with Crippen LogP contribution in [0.5, 0.6) is 0 Å². The van der Waals surface area contributed by atoms with Crippen molar-refractivity contribution in [2.24, 2.45) is 5.92 Å². The molecule has 0 aromatic heterocycles. The van der Waals surface area contributed by atoms with Gasteiger partial charge in [-0.2, -0.15) is 0 Å². The predicted molar refractivity (Wildman–Crippen MR) is 75.0 cm³/mol. The number of carboxylic acid groups (broad SMARTS) is 1. The number of Topliss-reactive ketones (excluding diaryl/α,β-unsaturated/α-hetero) is 1. The second-order valence-corrected chi connectivity index (χ2v) is 5.05.